The van der Waals surface area contributed by atoms with Crippen molar-refractivity contribution in [3.63, 3.8) is 0 Å². The molecule has 2 N–H and O–H groups in total. The number of halogens is 1. The molecule has 0 saturated carbocycles. The Bertz CT molecular complexity index is 941. The fourth-order valence-corrected chi connectivity index (χ4v) is 2.49. The summed E-state index contributed by atoms with van der Waals surface area (Å²) in [6, 6.07) is 5.77. The number of nitrogens with zero attached hydrogens (tertiary/aromatic N) is 3. The Hall–Kier alpha value is -3.26. The molecule has 1 aromatic carbocycles. The zero-order chi connectivity index (χ0) is 18.7. The number of benzene rings is 1. The molecular formula is C17H13ClN4O4. The van der Waals surface area contributed by atoms with Gasteiger partial charge in [-0.2, -0.15) is 0 Å². The topological polar surface area (TPSA) is 118 Å². The van der Waals surface area contributed by atoms with Crippen LogP contribution in [0.2, 0.25) is 5.02 Å². The summed E-state index contributed by atoms with van der Waals surface area (Å²) in [6.07, 6.45) is 4.13. The average molecular weight is 373 g/mol. The van der Waals surface area contributed by atoms with Gasteiger partial charge < -0.3 is 14.9 Å². The van der Waals surface area contributed by atoms with Crippen molar-refractivity contribution in [2.24, 2.45) is 0 Å². The molecule has 0 saturated heterocycles. The van der Waals surface area contributed by atoms with Crippen molar-refractivity contribution >= 4 is 23.5 Å². The van der Waals surface area contributed by atoms with Gasteiger partial charge in [0, 0.05) is 23.0 Å². The summed E-state index contributed by atoms with van der Waals surface area (Å²) in [5, 5.41) is 16.6. The van der Waals surface area contributed by atoms with Crippen LogP contribution in [0.3, 0.4) is 0 Å². The van der Waals surface area contributed by atoms with E-state index in [2.05, 4.69) is 20.4 Å². The van der Waals surface area contributed by atoms with E-state index in [9.17, 15) is 14.7 Å². The molecule has 3 aromatic rings. The van der Waals surface area contributed by atoms with Crippen LogP contribution in [0.25, 0.3) is 11.3 Å². The molecule has 0 radical (unpaired) electrons. The van der Waals surface area contributed by atoms with Crippen LogP contribution in [0.4, 0.5) is 0 Å². The molecular weight excluding hydrogens is 360 g/mol. The smallest absolute Gasteiger partial charge is 0.341 e. The van der Waals surface area contributed by atoms with Crippen LogP contribution in [0, 0.1) is 0 Å². The molecule has 0 aliphatic heterocycles. The SMILES string of the molecule is C[C@@H](NC(=O)c1cnccn1)c1onc(-c2ccc(Cl)cc2)c1C(=O)O. The van der Waals surface area contributed by atoms with E-state index in [0.29, 0.717) is 10.6 Å². The zero-order valence-corrected chi connectivity index (χ0v) is 14.3. The van der Waals surface area contributed by atoms with Crippen molar-refractivity contribution < 1.29 is 19.2 Å². The summed E-state index contributed by atoms with van der Waals surface area (Å²) in [4.78, 5) is 31.6. The van der Waals surface area contributed by atoms with Gasteiger partial charge >= 0.3 is 5.97 Å². The van der Waals surface area contributed by atoms with Gasteiger partial charge in [0.1, 0.15) is 17.0 Å². The molecule has 132 valence electrons. The second-order valence-electron chi connectivity index (χ2n) is 5.37. The summed E-state index contributed by atoms with van der Waals surface area (Å²) < 4.78 is 5.23. The minimum absolute atomic E-state index is 0.0275. The Morgan fingerprint density at radius 2 is 1.96 bits per heavy atom. The molecule has 2 aromatic heterocycles. The molecule has 0 spiro atoms. The van der Waals surface area contributed by atoms with Crippen LogP contribution in [-0.2, 0) is 0 Å². The normalized spacial score (nSPS) is 11.8. The lowest BCUT2D eigenvalue weighted by atomic mass is 10.0. The van der Waals surface area contributed by atoms with Gasteiger partial charge in [0.25, 0.3) is 5.91 Å². The fourth-order valence-electron chi connectivity index (χ4n) is 2.36. The highest BCUT2D eigenvalue weighted by Crippen LogP contribution is 2.30. The molecule has 3 rings (SSSR count). The first-order valence-electron chi connectivity index (χ1n) is 7.53. The standard InChI is InChI=1S/C17H13ClN4O4/c1-9(21-16(23)12-8-19-6-7-20-12)15-13(17(24)25)14(22-26-15)10-2-4-11(18)5-3-10/h2-9H,1H3,(H,21,23)(H,24,25)/t9-/m1/s1. The first-order chi connectivity index (χ1) is 12.5. The molecule has 0 aliphatic rings. The Kier molecular flexibility index (Phi) is 4.94. The third kappa shape index (κ3) is 3.55. The highest BCUT2D eigenvalue weighted by Gasteiger charge is 2.28. The monoisotopic (exact) mass is 372 g/mol. The average Bonchev–Trinajstić information content (AvgIpc) is 3.08. The number of hydrogen-bond donors (Lipinski definition) is 2. The number of aromatic carboxylic acids is 1. The van der Waals surface area contributed by atoms with E-state index in [4.69, 9.17) is 16.1 Å². The first kappa shape index (κ1) is 17.6. The Labute approximate surface area is 152 Å². The molecule has 8 nitrogen and oxygen atoms in total. The lowest BCUT2D eigenvalue weighted by molar-refractivity contribution is 0.0692. The van der Waals surface area contributed by atoms with Crippen molar-refractivity contribution in [2.45, 2.75) is 13.0 Å². The van der Waals surface area contributed by atoms with Gasteiger partial charge in [0.05, 0.1) is 12.2 Å². The molecule has 9 heteroatoms. The molecule has 26 heavy (non-hydrogen) atoms. The van der Waals surface area contributed by atoms with Gasteiger partial charge in [-0.3, -0.25) is 9.78 Å². The van der Waals surface area contributed by atoms with Crippen molar-refractivity contribution in [3.05, 3.63) is 64.9 Å². The number of rotatable bonds is 5. The summed E-state index contributed by atoms with van der Waals surface area (Å²) in [5.41, 5.74) is 0.673. The minimum atomic E-state index is -1.22. The maximum Gasteiger partial charge on any atom is 0.341 e. The van der Waals surface area contributed by atoms with Gasteiger partial charge in [-0.25, -0.2) is 9.78 Å². The van der Waals surface area contributed by atoms with Crippen LogP contribution < -0.4 is 5.32 Å². The molecule has 1 atom stereocenters. The molecule has 2 heterocycles. The van der Waals surface area contributed by atoms with Crippen molar-refractivity contribution in [1.29, 1.82) is 0 Å². The number of carbonyl (C=O) groups excluding carboxylic acids is 1. The van der Waals surface area contributed by atoms with Gasteiger partial charge in [-0.05, 0) is 19.1 Å². The summed E-state index contributed by atoms with van der Waals surface area (Å²) in [6.45, 7) is 1.59. The Morgan fingerprint density at radius 3 is 2.58 bits per heavy atom. The maximum atomic E-state index is 12.2. The Balaban J connectivity index is 1.91. The van der Waals surface area contributed by atoms with Crippen molar-refractivity contribution in [3.8, 4) is 11.3 Å². The number of nitrogens with one attached hydrogen (secondary N) is 1. The number of amides is 1. The van der Waals surface area contributed by atoms with Crippen LogP contribution in [0.15, 0.2) is 47.4 Å². The fraction of sp³-hybridized carbons (Fsp3) is 0.118. The van der Waals surface area contributed by atoms with Crippen molar-refractivity contribution in [2.75, 3.05) is 0 Å². The van der Waals surface area contributed by atoms with E-state index < -0.39 is 17.9 Å². The lowest BCUT2D eigenvalue weighted by Gasteiger charge is -2.11. The number of carbonyl (C=O) groups is 2. The van der Waals surface area contributed by atoms with Crippen LogP contribution in [0.5, 0.6) is 0 Å². The van der Waals surface area contributed by atoms with E-state index in [1.165, 1.54) is 18.6 Å². The van der Waals surface area contributed by atoms with Crippen molar-refractivity contribution in [1.82, 2.24) is 20.4 Å². The first-order valence-corrected chi connectivity index (χ1v) is 7.91. The van der Waals surface area contributed by atoms with Gasteiger partial charge in [0.2, 0.25) is 0 Å². The molecule has 0 unspecified atom stereocenters. The highest BCUT2D eigenvalue weighted by molar-refractivity contribution is 6.30. The second-order valence-corrected chi connectivity index (χ2v) is 5.80. The van der Waals surface area contributed by atoms with Gasteiger partial charge in [-0.15, -0.1) is 0 Å². The predicted molar refractivity (Wildman–Crippen MR) is 91.8 cm³/mol. The molecule has 0 aliphatic carbocycles. The Morgan fingerprint density at radius 1 is 1.23 bits per heavy atom. The van der Waals surface area contributed by atoms with Crippen LogP contribution in [-0.4, -0.2) is 32.1 Å². The van der Waals surface area contributed by atoms with E-state index in [0.717, 1.165) is 0 Å². The maximum absolute atomic E-state index is 12.2. The van der Waals surface area contributed by atoms with Gasteiger partial charge in [-0.1, -0.05) is 28.9 Å². The second kappa shape index (κ2) is 7.32. The van der Waals surface area contributed by atoms with E-state index in [1.807, 2.05) is 0 Å². The number of carboxylic acids is 1. The lowest BCUT2D eigenvalue weighted by Crippen LogP contribution is -2.28. The van der Waals surface area contributed by atoms with Crippen LogP contribution in [0.1, 0.15) is 39.6 Å². The third-order valence-corrected chi connectivity index (χ3v) is 3.84. The summed E-state index contributed by atoms with van der Waals surface area (Å²) in [5.74, 6) is -1.70. The van der Waals surface area contributed by atoms with E-state index in [-0.39, 0.29) is 22.7 Å². The zero-order valence-electron chi connectivity index (χ0n) is 13.5. The summed E-state index contributed by atoms with van der Waals surface area (Å²) in [7, 11) is 0. The number of aromatic nitrogens is 3. The largest absolute Gasteiger partial charge is 0.477 e. The highest BCUT2D eigenvalue weighted by atomic mass is 35.5. The van der Waals surface area contributed by atoms with Crippen LogP contribution >= 0.6 is 11.6 Å². The molecule has 1 amide bonds. The van der Waals surface area contributed by atoms with Gasteiger partial charge in [0.15, 0.2) is 5.76 Å². The molecule has 0 fully saturated rings. The summed E-state index contributed by atoms with van der Waals surface area (Å²) >= 11 is 5.85. The number of carboxylic acid groups (broad SMARTS) is 1. The predicted octanol–water partition coefficient (Wildman–Crippen LogP) is 2.97. The van der Waals surface area contributed by atoms with E-state index in [1.54, 1.807) is 31.2 Å². The quantitative estimate of drug-likeness (QED) is 0.706. The minimum Gasteiger partial charge on any atom is -0.477 e. The molecule has 0 bridgehead atoms. The number of hydrogen-bond acceptors (Lipinski definition) is 6. The third-order valence-electron chi connectivity index (χ3n) is 3.59. The van der Waals surface area contributed by atoms with E-state index >= 15 is 0 Å².